The maximum absolute atomic E-state index is 13.8. The van der Waals surface area contributed by atoms with E-state index in [1.807, 2.05) is 30.3 Å². The first-order valence-electron chi connectivity index (χ1n) is 13.7. The molecule has 2 aliphatic rings. The van der Waals surface area contributed by atoms with E-state index in [0.717, 1.165) is 47.5 Å². The molecule has 1 saturated heterocycles. The third kappa shape index (κ3) is 6.09. The Morgan fingerprint density at radius 2 is 2.08 bits per heavy atom. The molecule has 3 aromatic rings. The number of nitrogens with zero attached hydrogens (tertiary/aromatic N) is 5. The predicted molar refractivity (Wildman–Crippen MR) is 147 cm³/mol. The number of ether oxygens (including phenoxy) is 1. The van der Waals surface area contributed by atoms with Crippen molar-refractivity contribution in [2.24, 2.45) is 5.92 Å². The molecule has 39 heavy (non-hydrogen) atoms. The summed E-state index contributed by atoms with van der Waals surface area (Å²) in [6.45, 7) is 3.97. The van der Waals surface area contributed by atoms with E-state index < -0.39 is 11.9 Å². The normalized spacial score (nSPS) is 20.4. The van der Waals surface area contributed by atoms with Gasteiger partial charge in [0.15, 0.2) is 0 Å². The maximum atomic E-state index is 13.8. The second-order valence-corrected chi connectivity index (χ2v) is 10.3. The third-order valence-electron chi connectivity index (χ3n) is 7.85. The topological polar surface area (TPSA) is 109 Å². The van der Waals surface area contributed by atoms with Crippen LogP contribution in [-0.4, -0.2) is 69.1 Å². The molecule has 0 spiro atoms. The molecule has 9 heteroatoms. The molecular weight excluding hydrogens is 494 g/mol. The van der Waals surface area contributed by atoms with Crippen molar-refractivity contribution in [1.29, 1.82) is 0 Å². The van der Waals surface area contributed by atoms with Crippen molar-refractivity contribution < 1.29 is 19.4 Å². The van der Waals surface area contributed by atoms with Crippen molar-refractivity contribution in [2.45, 2.75) is 51.0 Å². The number of carboxylic acid groups (broad SMARTS) is 1. The van der Waals surface area contributed by atoms with Crippen LogP contribution in [-0.2, 0) is 22.4 Å². The van der Waals surface area contributed by atoms with Crippen LogP contribution < -0.4 is 9.64 Å². The highest BCUT2D eigenvalue weighted by atomic mass is 16.5. The fourth-order valence-electron chi connectivity index (χ4n) is 5.88. The quantitative estimate of drug-likeness (QED) is 0.400. The summed E-state index contributed by atoms with van der Waals surface area (Å²) in [7, 11) is 0. The van der Waals surface area contributed by atoms with Gasteiger partial charge in [-0.3, -0.25) is 19.5 Å². The van der Waals surface area contributed by atoms with Crippen LogP contribution in [0.2, 0.25) is 0 Å². The Bertz CT molecular complexity index is 1270. The lowest BCUT2D eigenvalue weighted by Gasteiger charge is -2.29. The van der Waals surface area contributed by atoms with Crippen molar-refractivity contribution in [1.82, 2.24) is 19.9 Å². The highest BCUT2D eigenvalue weighted by Gasteiger charge is 2.47. The van der Waals surface area contributed by atoms with Crippen molar-refractivity contribution in [3.05, 3.63) is 78.1 Å². The van der Waals surface area contributed by atoms with E-state index in [2.05, 4.69) is 32.8 Å². The molecule has 1 aromatic carbocycles. The average Bonchev–Trinajstić information content (AvgIpc) is 3.57. The molecule has 0 unspecified atom stereocenters. The molecule has 5 rings (SSSR count). The lowest BCUT2D eigenvalue weighted by Crippen LogP contribution is -2.44. The molecule has 204 valence electrons. The number of anilines is 1. The molecule has 0 bridgehead atoms. The van der Waals surface area contributed by atoms with Gasteiger partial charge in [-0.1, -0.05) is 25.5 Å². The van der Waals surface area contributed by atoms with E-state index in [-0.39, 0.29) is 24.4 Å². The summed E-state index contributed by atoms with van der Waals surface area (Å²) >= 11 is 0. The number of fused-ring (bicyclic) bond motifs is 1. The first-order chi connectivity index (χ1) is 19.0. The van der Waals surface area contributed by atoms with Crippen LogP contribution in [0.25, 0.3) is 0 Å². The van der Waals surface area contributed by atoms with Crippen LogP contribution in [0, 0.1) is 5.92 Å². The molecule has 0 radical (unpaired) electrons. The zero-order valence-corrected chi connectivity index (χ0v) is 22.3. The highest BCUT2D eigenvalue weighted by molar-refractivity contribution is 5.94. The van der Waals surface area contributed by atoms with E-state index in [4.69, 9.17) is 4.74 Å². The number of carbonyl (C=O) groups excluding carboxylic acids is 1. The minimum Gasteiger partial charge on any atom is -0.493 e. The van der Waals surface area contributed by atoms with Crippen LogP contribution in [0.15, 0.2) is 61.3 Å². The first kappa shape index (κ1) is 26.7. The Kier molecular flexibility index (Phi) is 8.46. The number of carboxylic acids is 1. The molecule has 4 heterocycles. The highest BCUT2D eigenvalue weighted by Crippen LogP contribution is 2.41. The molecule has 0 saturated carbocycles. The van der Waals surface area contributed by atoms with Gasteiger partial charge in [0, 0.05) is 49.6 Å². The number of benzene rings is 1. The van der Waals surface area contributed by atoms with E-state index >= 15 is 0 Å². The second-order valence-electron chi connectivity index (χ2n) is 10.3. The lowest BCUT2D eigenvalue weighted by molar-refractivity contribution is -0.143. The Hall–Kier alpha value is -3.85. The third-order valence-corrected chi connectivity index (χ3v) is 7.85. The van der Waals surface area contributed by atoms with Crippen LogP contribution >= 0.6 is 0 Å². The molecule has 1 amide bonds. The molecule has 3 atom stereocenters. The summed E-state index contributed by atoms with van der Waals surface area (Å²) in [5.41, 5.74) is 3.73. The van der Waals surface area contributed by atoms with Gasteiger partial charge in [-0.15, -0.1) is 0 Å². The van der Waals surface area contributed by atoms with Gasteiger partial charge in [-0.2, -0.15) is 0 Å². The smallest absolute Gasteiger partial charge is 0.308 e. The molecular formula is C30H35N5O4. The van der Waals surface area contributed by atoms with Crippen LogP contribution in [0.4, 0.5) is 5.69 Å². The summed E-state index contributed by atoms with van der Waals surface area (Å²) < 4.78 is 5.68. The standard InChI is InChI=1S/C30H35N5O4/c1-2-3-14-35(24-5-4-12-31-17-24)28(36)19-34-18-25(21-6-9-27-22(16-21)11-15-39-27)29(30(37)38)26(34)8-7-23-10-13-32-20-33-23/h4-6,9-10,12-13,16-17,20,25-26,29H,2-3,7-8,11,14-15,18-19H2,1H3,(H,37,38)/t25-,26+,29-/m1/s1. The number of aliphatic carboxylic acids is 1. The van der Waals surface area contributed by atoms with E-state index in [0.29, 0.717) is 32.5 Å². The minimum absolute atomic E-state index is 0.0457. The zero-order chi connectivity index (χ0) is 27.2. The number of aromatic nitrogens is 3. The summed E-state index contributed by atoms with van der Waals surface area (Å²) in [5, 5.41) is 10.5. The van der Waals surface area contributed by atoms with Crippen molar-refractivity contribution in [3.63, 3.8) is 0 Å². The predicted octanol–water partition coefficient (Wildman–Crippen LogP) is 3.74. The van der Waals surface area contributed by atoms with Crippen LogP contribution in [0.3, 0.4) is 0 Å². The molecule has 2 aromatic heterocycles. The monoisotopic (exact) mass is 529 g/mol. The van der Waals surface area contributed by atoms with Crippen LogP contribution in [0.5, 0.6) is 5.75 Å². The van der Waals surface area contributed by atoms with E-state index in [9.17, 15) is 14.7 Å². The summed E-state index contributed by atoms with van der Waals surface area (Å²) in [5.74, 6) is -0.898. The fraction of sp³-hybridized carbons (Fsp3) is 0.433. The molecule has 2 aliphatic heterocycles. The number of carbonyl (C=O) groups is 2. The number of pyridine rings is 1. The number of hydrogen-bond donors (Lipinski definition) is 1. The van der Waals surface area contributed by atoms with Gasteiger partial charge in [0.1, 0.15) is 12.1 Å². The molecule has 9 nitrogen and oxygen atoms in total. The number of hydrogen-bond acceptors (Lipinski definition) is 7. The maximum Gasteiger partial charge on any atom is 0.308 e. The SMILES string of the molecule is CCCCN(C(=O)CN1C[C@H](c2ccc3c(c2)CCO3)[C@@H](C(=O)O)[C@@H]1CCc1ccncn1)c1cccnc1. The minimum atomic E-state index is -0.838. The van der Waals surface area contributed by atoms with E-state index in [1.54, 1.807) is 23.5 Å². The number of rotatable bonds is 11. The van der Waals surface area contributed by atoms with Gasteiger partial charge < -0.3 is 14.7 Å². The molecule has 1 fully saturated rings. The number of likely N-dealkylation sites (tertiary alicyclic amines) is 1. The van der Waals surface area contributed by atoms with E-state index in [1.165, 1.54) is 6.33 Å². The van der Waals surface area contributed by atoms with Gasteiger partial charge in [0.05, 0.1) is 31.0 Å². The van der Waals surface area contributed by atoms with Gasteiger partial charge in [0.2, 0.25) is 5.91 Å². The Morgan fingerprint density at radius 3 is 2.82 bits per heavy atom. The summed E-state index contributed by atoms with van der Waals surface area (Å²) in [6.07, 6.45) is 10.4. The van der Waals surface area contributed by atoms with Crippen LogP contribution in [0.1, 0.15) is 48.9 Å². The Labute approximate surface area is 228 Å². The Balaban J connectivity index is 1.43. The summed E-state index contributed by atoms with van der Waals surface area (Å²) in [6, 6.07) is 11.3. The number of aryl methyl sites for hydroxylation is 1. The fourth-order valence-corrected chi connectivity index (χ4v) is 5.88. The Morgan fingerprint density at radius 1 is 1.18 bits per heavy atom. The van der Waals surface area contributed by atoms with Gasteiger partial charge >= 0.3 is 5.97 Å². The lowest BCUT2D eigenvalue weighted by atomic mass is 9.83. The largest absolute Gasteiger partial charge is 0.493 e. The van der Waals surface area contributed by atoms with Crippen molar-refractivity contribution in [3.8, 4) is 5.75 Å². The first-order valence-corrected chi connectivity index (χ1v) is 13.7. The van der Waals surface area contributed by atoms with Gasteiger partial charge in [0.25, 0.3) is 0 Å². The van der Waals surface area contributed by atoms with Gasteiger partial charge in [-0.25, -0.2) is 9.97 Å². The zero-order valence-electron chi connectivity index (χ0n) is 22.3. The van der Waals surface area contributed by atoms with Gasteiger partial charge in [-0.05, 0) is 54.7 Å². The summed E-state index contributed by atoms with van der Waals surface area (Å²) in [4.78, 5) is 43.0. The molecule has 1 N–H and O–H groups in total. The van der Waals surface area contributed by atoms with Crippen molar-refractivity contribution in [2.75, 3.05) is 31.1 Å². The number of amides is 1. The number of unbranched alkanes of at least 4 members (excludes halogenated alkanes) is 1. The molecule has 0 aliphatic carbocycles. The average molecular weight is 530 g/mol. The van der Waals surface area contributed by atoms with Crippen molar-refractivity contribution >= 4 is 17.6 Å². The second kappa shape index (κ2) is 12.3.